The first-order valence-corrected chi connectivity index (χ1v) is 8.90. The van der Waals surface area contributed by atoms with E-state index in [0.29, 0.717) is 49.3 Å². The van der Waals surface area contributed by atoms with Gasteiger partial charge in [-0.1, -0.05) is 11.6 Å². The average Bonchev–Trinajstić information content (AvgIpc) is 3.04. The summed E-state index contributed by atoms with van der Waals surface area (Å²) in [5, 5.41) is 13.4. The zero-order valence-corrected chi connectivity index (χ0v) is 16.3. The van der Waals surface area contributed by atoms with E-state index in [4.69, 9.17) is 14.2 Å². The normalized spacial score (nSPS) is 13.3. The topological polar surface area (TPSA) is 94.1 Å². The molecule has 0 fully saturated rings. The smallest absolute Gasteiger partial charge is 0.342 e. The number of cyclic esters (lactones) is 1. The standard InChI is InChI=1S/C20H27NO6/c1-12(6-8-16(22)21-9-10-25-3)5-7-14-18(23)17-15(11-27-20(17)24)13(2)19(14)26-4/h5,23H,6-11H2,1-4H3,(H,21,22). The molecule has 0 spiro atoms. The van der Waals surface area contributed by atoms with Gasteiger partial charge in [-0.05, 0) is 32.3 Å². The minimum absolute atomic E-state index is 0.0312. The number of hydrogen-bond donors (Lipinski definition) is 2. The van der Waals surface area contributed by atoms with E-state index < -0.39 is 5.97 Å². The highest BCUT2D eigenvalue weighted by Gasteiger charge is 2.31. The number of esters is 1. The summed E-state index contributed by atoms with van der Waals surface area (Å²) in [5.41, 5.74) is 3.27. The van der Waals surface area contributed by atoms with Crippen LogP contribution in [0.2, 0.25) is 0 Å². The number of fused-ring (bicyclic) bond motifs is 1. The number of phenolic OH excluding ortho intramolecular Hbond substituents is 1. The van der Waals surface area contributed by atoms with E-state index in [1.54, 1.807) is 7.11 Å². The molecule has 1 heterocycles. The van der Waals surface area contributed by atoms with E-state index in [-0.39, 0.29) is 23.8 Å². The van der Waals surface area contributed by atoms with Crippen molar-refractivity contribution in [2.24, 2.45) is 0 Å². The van der Waals surface area contributed by atoms with Crippen LogP contribution in [0.4, 0.5) is 0 Å². The molecule has 0 bridgehead atoms. The second kappa shape index (κ2) is 9.41. The maximum atomic E-state index is 11.9. The fourth-order valence-corrected chi connectivity index (χ4v) is 3.10. The molecule has 0 atom stereocenters. The lowest BCUT2D eigenvalue weighted by Gasteiger charge is -2.15. The number of methoxy groups -OCH3 is 2. The third-order valence-corrected chi connectivity index (χ3v) is 4.68. The molecule has 0 aromatic heterocycles. The van der Waals surface area contributed by atoms with Crippen LogP contribution in [0.3, 0.4) is 0 Å². The molecule has 0 saturated carbocycles. The first kappa shape index (κ1) is 20.8. The molecule has 7 heteroatoms. The molecule has 27 heavy (non-hydrogen) atoms. The molecule has 1 amide bonds. The van der Waals surface area contributed by atoms with Crippen LogP contribution < -0.4 is 10.1 Å². The number of allylic oxidation sites excluding steroid dienone is 2. The molecule has 1 aromatic carbocycles. The Morgan fingerprint density at radius 2 is 2.07 bits per heavy atom. The van der Waals surface area contributed by atoms with Gasteiger partial charge in [-0.3, -0.25) is 4.79 Å². The number of nitrogens with one attached hydrogen (secondary N) is 1. The second-order valence-electron chi connectivity index (χ2n) is 6.51. The maximum Gasteiger partial charge on any atom is 0.342 e. The van der Waals surface area contributed by atoms with Gasteiger partial charge in [-0.25, -0.2) is 4.79 Å². The number of rotatable bonds is 9. The number of phenols is 1. The zero-order valence-electron chi connectivity index (χ0n) is 16.3. The number of ether oxygens (including phenoxy) is 3. The molecule has 0 saturated heterocycles. The van der Waals surface area contributed by atoms with Gasteiger partial charge in [0.05, 0.1) is 13.7 Å². The number of carbonyl (C=O) groups is 2. The quantitative estimate of drug-likeness (QED) is 0.390. The summed E-state index contributed by atoms with van der Waals surface area (Å²) >= 11 is 0. The Bertz CT molecular complexity index is 754. The van der Waals surface area contributed by atoms with Gasteiger partial charge in [0.1, 0.15) is 23.7 Å². The van der Waals surface area contributed by atoms with Crippen LogP contribution in [-0.4, -0.2) is 44.4 Å². The van der Waals surface area contributed by atoms with Crippen molar-refractivity contribution in [1.29, 1.82) is 0 Å². The molecule has 7 nitrogen and oxygen atoms in total. The van der Waals surface area contributed by atoms with Gasteiger partial charge in [0.25, 0.3) is 0 Å². The van der Waals surface area contributed by atoms with Crippen LogP contribution in [0.25, 0.3) is 0 Å². The summed E-state index contributed by atoms with van der Waals surface area (Å²) in [7, 11) is 3.12. The van der Waals surface area contributed by atoms with Crippen LogP contribution in [-0.2, 0) is 27.3 Å². The van der Waals surface area contributed by atoms with Crippen LogP contribution in [0.15, 0.2) is 11.6 Å². The fraction of sp³-hybridized carbons (Fsp3) is 0.500. The van der Waals surface area contributed by atoms with Crippen LogP contribution in [0, 0.1) is 6.92 Å². The lowest BCUT2D eigenvalue weighted by atomic mass is 9.94. The first-order valence-electron chi connectivity index (χ1n) is 8.90. The van der Waals surface area contributed by atoms with Gasteiger partial charge >= 0.3 is 5.97 Å². The number of benzene rings is 1. The van der Waals surface area contributed by atoms with E-state index in [9.17, 15) is 14.7 Å². The van der Waals surface area contributed by atoms with Crippen LogP contribution in [0.5, 0.6) is 11.5 Å². The Morgan fingerprint density at radius 3 is 2.74 bits per heavy atom. The SMILES string of the molecule is COCCNC(=O)CCC(C)=CCc1c(O)c2c(c(C)c1OC)COC2=O. The predicted molar refractivity (Wildman–Crippen MR) is 100 cm³/mol. The third kappa shape index (κ3) is 4.80. The minimum atomic E-state index is -0.511. The van der Waals surface area contributed by atoms with E-state index in [2.05, 4.69) is 5.32 Å². The number of aromatic hydroxyl groups is 1. The van der Waals surface area contributed by atoms with Crippen molar-refractivity contribution in [1.82, 2.24) is 5.32 Å². The number of carbonyl (C=O) groups excluding carboxylic acids is 2. The van der Waals surface area contributed by atoms with Crippen LogP contribution >= 0.6 is 0 Å². The fourth-order valence-electron chi connectivity index (χ4n) is 3.10. The van der Waals surface area contributed by atoms with Crippen molar-refractivity contribution in [2.75, 3.05) is 27.4 Å². The third-order valence-electron chi connectivity index (χ3n) is 4.68. The van der Waals surface area contributed by atoms with E-state index >= 15 is 0 Å². The summed E-state index contributed by atoms with van der Waals surface area (Å²) in [6.07, 6.45) is 3.32. The van der Waals surface area contributed by atoms with E-state index in [0.717, 1.165) is 11.1 Å². The summed E-state index contributed by atoms with van der Waals surface area (Å²) in [6, 6.07) is 0. The Morgan fingerprint density at radius 1 is 1.33 bits per heavy atom. The van der Waals surface area contributed by atoms with Crippen molar-refractivity contribution in [3.8, 4) is 11.5 Å². The van der Waals surface area contributed by atoms with Crippen molar-refractivity contribution < 1.29 is 28.9 Å². The summed E-state index contributed by atoms with van der Waals surface area (Å²) in [5.74, 6) is -0.0681. The molecule has 1 aliphatic heterocycles. The van der Waals surface area contributed by atoms with Gasteiger partial charge in [0.15, 0.2) is 0 Å². The molecule has 0 radical (unpaired) electrons. The van der Waals surface area contributed by atoms with E-state index in [1.165, 1.54) is 7.11 Å². The van der Waals surface area contributed by atoms with E-state index in [1.807, 2.05) is 19.9 Å². The summed E-state index contributed by atoms with van der Waals surface area (Å²) < 4.78 is 15.4. The van der Waals surface area contributed by atoms with Gasteiger partial charge < -0.3 is 24.6 Å². The van der Waals surface area contributed by atoms with Crippen molar-refractivity contribution in [2.45, 2.75) is 39.7 Å². The van der Waals surface area contributed by atoms with Crippen molar-refractivity contribution in [3.05, 3.63) is 33.9 Å². The minimum Gasteiger partial charge on any atom is -0.507 e. The molecule has 148 valence electrons. The molecular weight excluding hydrogens is 350 g/mol. The van der Waals surface area contributed by atoms with Gasteiger partial charge in [-0.2, -0.15) is 0 Å². The second-order valence-corrected chi connectivity index (χ2v) is 6.51. The molecule has 1 aliphatic rings. The molecule has 2 N–H and O–H groups in total. The highest BCUT2D eigenvalue weighted by molar-refractivity contribution is 5.98. The molecule has 0 unspecified atom stereocenters. The van der Waals surface area contributed by atoms with Crippen LogP contribution in [0.1, 0.15) is 46.8 Å². The predicted octanol–water partition coefficient (Wildman–Crippen LogP) is 2.41. The lowest BCUT2D eigenvalue weighted by molar-refractivity contribution is -0.121. The number of amides is 1. The monoisotopic (exact) mass is 377 g/mol. The highest BCUT2D eigenvalue weighted by atomic mass is 16.5. The number of hydrogen-bond acceptors (Lipinski definition) is 6. The van der Waals surface area contributed by atoms with Crippen molar-refractivity contribution in [3.63, 3.8) is 0 Å². The molecule has 2 rings (SSSR count). The highest BCUT2D eigenvalue weighted by Crippen LogP contribution is 2.42. The average molecular weight is 377 g/mol. The largest absolute Gasteiger partial charge is 0.507 e. The maximum absolute atomic E-state index is 11.9. The lowest BCUT2D eigenvalue weighted by Crippen LogP contribution is -2.26. The Kier molecular flexibility index (Phi) is 7.24. The van der Waals surface area contributed by atoms with Gasteiger partial charge in [-0.15, -0.1) is 0 Å². The molecular formula is C20H27NO6. The van der Waals surface area contributed by atoms with Crippen molar-refractivity contribution >= 4 is 11.9 Å². The Labute approximate surface area is 159 Å². The summed E-state index contributed by atoms with van der Waals surface area (Å²) in [6.45, 7) is 4.91. The molecule has 0 aliphatic carbocycles. The van der Waals surface area contributed by atoms with Gasteiger partial charge in [0.2, 0.25) is 5.91 Å². The Hall–Kier alpha value is -2.54. The summed E-state index contributed by atoms with van der Waals surface area (Å²) in [4.78, 5) is 23.7. The Balaban J connectivity index is 2.09. The molecule has 1 aromatic rings. The first-order chi connectivity index (χ1) is 12.9. The zero-order chi connectivity index (χ0) is 20.0. The van der Waals surface area contributed by atoms with Gasteiger partial charge in [0, 0.05) is 31.2 Å².